The van der Waals surface area contributed by atoms with Gasteiger partial charge in [0.15, 0.2) is 0 Å². The number of rotatable bonds is 6. The Bertz CT molecular complexity index is 302. The molecule has 0 atom stereocenters. The second kappa shape index (κ2) is 6.70. The molecule has 84 valence electrons. The predicted octanol–water partition coefficient (Wildman–Crippen LogP) is 3.49. The van der Waals surface area contributed by atoms with Crippen LogP contribution in [0.2, 0.25) is 5.02 Å². The predicted molar refractivity (Wildman–Crippen MR) is 65.8 cm³/mol. The highest BCUT2D eigenvalue weighted by Gasteiger charge is 1.96. The summed E-state index contributed by atoms with van der Waals surface area (Å²) in [7, 11) is 0. The Kier molecular flexibility index (Phi) is 5.51. The van der Waals surface area contributed by atoms with Crippen molar-refractivity contribution < 1.29 is 4.74 Å². The molecular formula is C12H18ClNO. The molecule has 0 spiro atoms. The molecule has 0 saturated carbocycles. The van der Waals surface area contributed by atoms with Crippen LogP contribution < -0.4 is 5.32 Å². The van der Waals surface area contributed by atoms with Crippen LogP contribution in [-0.4, -0.2) is 19.8 Å². The molecule has 1 aromatic carbocycles. The molecule has 1 aromatic rings. The number of anilines is 1. The summed E-state index contributed by atoms with van der Waals surface area (Å²) in [6.07, 6.45) is 1.07. The third kappa shape index (κ3) is 4.54. The molecule has 1 N–H and O–H groups in total. The lowest BCUT2D eigenvalue weighted by atomic mass is 10.2. The first-order chi connectivity index (χ1) is 7.24. The fourth-order valence-electron chi connectivity index (χ4n) is 1.22. The Morgan fingerprint density at radius 3 is 2.80 bits per heavy atom. The molecule has 3 heteroatoms. The molecular weight excluding hydrogens is 210 g/mol. The Labute approximate surface area is 96.6 Å². The maximum Gasteiger partial charge on any atom is 0.0639 e. The molecule has 0 aliphatic carbocycles. The van der Waals surface area contributed by atoms with Crippen LogP contribution in [0.15, 0.2) is 18.2 Å². The first kappa shape index (κ1) is 12.3. The quantitative estimate of drug-likeness (QED) is 0.752. The van der Waals surface area contributed by atoms with Crippen molar-refractivity contribution in [2.45, 2.75) is 20.3 Å². The van der Waals surface area contributed by atoms with E-state index < -0.39 is 0 Å². The maximum atomic E-state index is 6.01. The van der Waals surface area contributed by atoms with E-state index >= 15 is 0 Å². The minimum Gasteiger partial charge on any atom is -0.383 e. The molecule has 0 saturated heterocycles. The van der Waals surface area contributed by atoms with E-state index in [4.69, 9.17) is 16.3 Å². The van der Waals surface area contributed by atoms with Crippen molar-refractivity contribution in [1.82, 2.24) is 0 Å². The zero-order valence-electron chi connectivity index (χ0n) is 9.35. The van der Waals surface area contributed by atoms with Crippen molar-refractivity contribution in [3.05, 3.63) is 28.8 Å². The zero-order chi connectivity index (χ0) is 11.1. The van der Waals surface area contributed by atoms with Crippen LogP contribution in [0.3, 0.4) is 0 Å². The van der Waals surface area contributed by atoms with Crippen LogP contribution in [0.25, 0.3) is 0 Å². The average molecular weight is 228 g/mol. The summed E-state index contributed by atoms with van der Waals surface area (Å²) < 4.78 is 5.36. The number of halogens is 1. The Hall–Kier alpha value is -0.730. The molecule has 1 rings (SSSR count). The minimum atomic E-state index is 0.735. The van der Waals surface area contributed by atoms with Gasteiger partial charge in [-0.05, 0) is 31.0 Å². The number of nitrogens with one attached hydrogen (secondary N) is 1. The lowest BCUT2D eigenvalue weighted by Crippen LogP contribution is -2.09. The number of hydrogen-bond acceptors (Lipinski definition) is 2. The second-order valence-electron chi connectivity index (χ2n) is 3.50. The van der Waals surface area contributed by atoms with Crippen LogP contribution in [0.5, 0.6) is 0 Å². The third-order valence-corrected chi connectivity index (χ3v) is 2.50. The van der Waals surface area contributed by atoms with Gasteiger partial charge in [0.05, 0.1) is 6.61 Å². The summed E-state index contributed by atoms with van der Waals surface area (Å²) in [6.45, 7) is 6.48. The molecule has 0 heterocycles. The monoisotopic (exact) mass is 227 g/mol. The Balaban J connectivity index is 2.28. The van der Waals surface area contributed by atoms with E-state index in [-0.39, 0.29) is 0 Å². The smallest absolute Gasteiger partial charge is 0.0639 e. The van der Waals surface area contributed by atoms with E-state index in [9.17, 15) is 0 Å². The van der Waals surface area contributed by atoms with E-state index in [1.54, 1.807) is 0 Å². The number of aryl methyl sites for hydroxylation is 1. The SMILES string of the molecule is CCCOCCNc1ccc(C)c(Cl)c1. The Morgan fingerprint density at radius 2 is 2.13 bits per heavy atom. The fourth-order valence-corrected chi connectivity index (χ4v) is 1.40. The normalized spacial score (nSPS) is 10.3. The molecule has 0 unspecified atom stereocenters. The van der Waals surface area contributed by atoms with Gasteiger partial charge in [0, 0.05) is 23.9 Å². The van der Waals surface area contributed by atoms with Crippen LogP contribution in [0.4, 0.5) is 5.69 Å². The van der Waals surface area contributed by atoms with E-state index in [2.05, 4.69) is 12.2 Å². The first-order valence-electron chi connectivity index (χ1n) is 5.32. The van der Waals surface area contributed by atoms with Gasteiger partial charge in [-0.3, -0.25) is 0 Å². The van der Waals surface area contributed by atoms with E-state index in [0.717, 1.165) is 42.5 Å². The van der Waals surface area contributed by atoms with Gasteiger partial charge in [-0.2, -0.15) is 0 Å². The standard InChI is InChI=1S/C12H18ClNO/c1-3-7-15-8-6-14-11-5-4-10(2)12(13)9-11/h4-5,9,14H,3,6-8H2,1-2H3. The molecule has 0 fully saturated rings. The third-order valence-electron chi connectivity index (χ3n) is 2.10. The molecule has 0 aliphatic rings. The lowest BCUT2D eigenvalue weighted by Gasteiger charge is -2.08. The van der Waals surface area contributed by atoms with Gasteiger partial charge in [-0.25, -0.2) is 0 Å². The molecule has 0 amide bonds. The summed E-state index contributed by atoms with van der Waals surface area (Å²) in [5.74, 6) is 0. The zero-order valence-corrected chi connectivity index (χ0v) is 10.1. The second-order valence-corrected chi connectivity index (χ2v) is 3.91. The highest BCUT2D eigenvalue weighted by Crippen LogP contribution is 2.19. The van der Waals surface area contributed by atoms with E-state index in [0.29, 0.717) is 0 Å². The fraction of sp³-hybridized carbons (Fsp3) is 0.500. The number of benzene rings is 1. The summed E-state index contributed by atoms with van der Waals surface area (Å²) in [4.78, 5) is 0. The van der Waals surface area contributed by atoms with Crippen molar-refractivity contribution in [1.29, 1.82) is 0 Å². The first-order valence-corrected chi connectivity index (χ1v) is 5.69. The number of hydrogen-bond donors (Lipinski definition) is 1. The molecule has 15 heavy (non-hydrogen) atoms. The van der Waals surface area contributed by atoms with Gasteiger partial charge >= 0.3 is 0 Å². The van der Waals surface area contributed by atoms with Crippen LogP contribution in [0.1, 0.15) is 18.9 Å². The van der Waals surface area contributed by atoms with Crippen molar-refractivity contribution >= 4 is 17.3 Å². The van der Waals surface area contributed by atoms with Gasteiger partial charge in [0.25, 0.3) is 0 Å². The van der Waals surface area contributed by atoms with Crippen LogP contribution >= 0.6 is 11.6 Å². The summed E-state index contributed by atoms with van der Waals surface area (Å²) in [6, 6.07) is 5.98. The molecule has 0 aromatic heterocycles. The van der Waals surface area contributed by atoms with E-state index in [1.807, 2.05) is 25.1 Å². The lowest BCUT2D eigenvalue weighted by molar-refractivity contribution is 0.144. The molecule has 2 nitrogen and oxygen atoms in total. The van der Waals surface area contributed by atoms with Crippen molar-refractivity contribution in [3.63, 3.8) is 0 Å². The van der Waals surface area contributed by atoms with Gasteiger partial charge in [0.1, 0.15) is 0 Å². The van der Waals surface area contributed by atoms with Crippen molar-refractivity contribution in [2.75, 3.05) is 25.1 Å². The van der Waals surface area contributed by atoms with Crippen LogP contribution in [0, 0.1) is 6.92 Å². The molecule has 0 radical (unpaired) electrons. The van der Waals surface area contributed by atoms with E-state index in [1.165, 1.54) is 0 Å². The minimum absolute atomic E-state index is 0.735. The largest absolute Gasteiger partial charge is 0.383 e. The summed E-state index contributed by atoms with van der Waals surface area (Å²) in [5.41, 5.74) is 2.15. The van der Waals surface area contributed by atoms with Gasteiger partial charge in [-0.15, -0.1) is 0 Å². The van der Waals surface area contributed by atoms with Gasteiger partial charge in [0.2, 0.25) is 0 Å². The molecule has 0 aliphatic heterocycles. The van der Waals surface area contributed by atoms with Gasteiger partial charge in [-0.1, -0.05) is 24.6 Å². The van der Waals surface area contributed by atoms with Crippen molar-refractivity contribution in [3.8, 4) is 0 Å². The van der Waals surface area contributed by atoms with Gasteiger partial charge < -0.3 is 10.1 Å². The number of ether oxygens (including phenoxy) is 1. The van der Waals surface area contributed by atoms with Crippen molar-refractivity contribution in [2.24, 2.45) is 0 Å². The highest BCUT2D eigenvalue weighted by atomic mass is 35.5. The molecule has 0 bridgehead atoms. The summed E-state index contributed by atoms with van der Waals surface area (Å²) >= 11 is 6.01. The summed E-state index contributed by atoms with van der Waals surface area (Å²) in [5, 5.41) is 4.06. The Morgan fingerprint density at radius 1 is 1.33 bits per heavy atom. The maximum absolute atomic E-state index is 6.01. The topological polar surface area (TPSA) is 21.3 Å². The average Bonchev–Trinajstić information content (AvgIpc) is 2.23. The van der Waals surface area contributed by atoms with Crippen LogP contribution in [-0.2, 0) is 4.74 Å². The highest BCUT2D eigenvalue weighted by molar-refractivity contribution is 6.31.